The Bertz CT molecular complexity index is 499. The lowest BCUT2D eigenvalue weighted by atomic mass is 10.1. The van der Waals surface area contributed by atoms with Crippen LogP contribution in [0.3, 0.4) is 0 Å². The van der Waals surface area contributed by atoms with Gasteiger partial charge in [-0.2, -0.15) is 5.10 Å². The quantitative estimate of drug-likeness (QED) is 0.804. The van der Waals surface area contributed by atoms with Crippen molar-refractivity contribution in [2.75, 3.05) is 45.9 Å². The molecule has 7 heteroatoms. The summed E-state index contributed by atoms with van der Waals surface area (Å²) in [4.78, 5) is 17.0. The molecule has 0 bridgehead atoms. The Morgan fingerprint density at radius 3 is 2.83 bits per heavy atom. The maximum absolute atomic E-state index is 12.3. The second-order valence-corrected chi connectivity index (χ2v) is 6.73. The summed E-state index contributed by atoms with van der Waals surface area (Å²) in [5.74, 6) is 0.143. The van der Waals surface area contributed by atoms with Crippen LogP contribution < -0.4 is 5.32 Å². The number of rotatable bonds is 6. The van der Waals surface area contributed by atoms with Gasteiger partial charge in [-0.3, -0.25) is 14.4 Å². The molecule has 3 heterocycles. The molecule has 0 aliphatic carbocycles. The normalized spacial score (nSPS) is 24.1. The maximum atomic E-state index is 12.3. The van der Waals surface area contributed by atoms with Crippen LogP contribution in [0.2, 0.25) is 0 Å². The van der Waals surface area contributed by atoms with Gasteiger partial charge >= 0.3 is 0 Å². The van der Waals surface area contributed by atoms with Crippen LogP contribution in [0.4, 0.5) is 0 Å². The van der Waals surface area contributed by atoms with Gasteiger partial charge in [-0.15, -0.1) is 0 Å². The Morgan fingerprint density at radius 1 is 1.29 bits per heavy atom. The summed E-state index contributed by atoms with van der Waals surface area (Å²) in [6.45, 7) is 8.94. The van der Waals surface area contributed by atoms with Gasteiger partial charge in [0.05, 0.1) is 25.8 Å². The molecule has 1 aromatic heterocycles. The van der Waals surface area contributed by atoms with Crippen molar-refractivity contribution in [1.82, 2.24) is 24.9 Å². The molecule has 2 saturated heterocycles. The minimum atomic E-state index is 0.0965. The number of carbonyl (C=O) groups excluding carboxylic acids is 1. The fourth-order valence-corrected chi connectivity index (χ4v) is 3.52. The first-order valence-corrected chi connectivity index (χ1v) is 9.06. The first-order valence-electron chi connectivity index (χ1n) is 9.06. The molecule has 24 heavy (non-hydrogen) atoms. The molecule has 1 amide bonds. The fraction of sp³-hybridized carbons (Fsp3) is 0.765. The first-order chi connectivity index (χ1) is 11.7. The third-order valence-corrected chi connectivity index (χ3v) is 4.94. The lowest BCUT2D eigenvalue weighted by Gasteiger charge is -2.34. The molecule has 0 saturated carbocycles. The van der Waals surface area contributed by atoms with Crippen molar-refractivity contribution in [3.05, 3.63) is 18.5 Å². The highest BCUT2D eigenvalue weighted by Gasteiger charge is 2.24. The van der Waals surface area contributed by atoms with E-state index in [-0.39, 0.29) is 12.0 Å². The van der Waals surface area contributed by atoms with Gasteiger partial charge in [0.2, 0.25) is 5.91 Å². The molecule has 7 nitrogen and oxygen atoms in total. The van der Waals surface area contributed by atoms with E-state index in [0.717, 1.165) is 52.1 Å². The largest absolute Gasteiger partial charge is 0.374 e. The predicted octanol–water partition coefficient (Wildman–Crippen LogP) is 0.184. The van der Waals surface area contributed by atoms with Crippen molar-refractivity contribution in [2.45, 2.75) is 38.5 Å². The molecule has 134 valence electrons. The zero-order chi connectivity index (χ0) is 16.8. The Kier molecular flexibility index (Phi) is 6.23. The van der Waals surface area contributed by atoms with Gasteiger partial charge in [0.15, 0.2) is 0 Å². The molecular weight excluding hydrogens is 306 g/mol. The summed E-state index contributed by atoms with van der Waals surface area (Å²) in [5.41, 5.74) is 0. The maximum Gasteiger partial charge on any atom is 0.234 e. The summed E-state index contributed by atoms with van der Waals surface area (Å²) in [6.07, 6.45) is 5.93. The van der Waals surface area contributed by atoms with Gasteiger partial charge in [-0.1, -0.05) is 6.92 Å². The topological polar surface area (TPSA) is 62.6 Å². The average Bonchev–Trinajstić information content (AvgIpc) is 3.09. The number of aromatic nitrogens is 2. The van der Waals surface area contributed by atoms with Crippen molar-refractivity contribution >= 4 is 5.91 Å². The number of likely N-dealkylation sites (tertiary alicyclic amines) is 1. The summed E-state index contributed by atoms with van der Waals surface area (Å²) < 4.78 is 7.68. The summed E-state index contributed by atoms with van der Waals surface area (Å²) in [7, 11) is 0. The second kappa shape index (κ2) is 8.60. The zero-order valence-corrected chi connectivity index (χ0v) is 14.6. The van der Waals surface area contributed by atoms with Crippen LogP contribution in [-0.2, 0) is 16.1 Å². The number of nitrogens with one attached hydrogen (secondary N) is 1. The molecule has 0 radical (unpaired) electrons. The van der Waals surface area contributed by atoms with E-state index < -0.39 is 0 Å². The first kappa shape index (κ1) is 17.4. The summed E-state index contributed by atoms with van der Waals surface area (Å²) in [6, 6.07) is 2.25. The number of piperidine rings is 1. The van der Waals surface area contributed by atoms with Crippen LogP contribution in [0.15, 0.2) is 18.5 Å². The third-order valence-electron chi connectivity index (χ3n) is 4.94. The molecule has 1 unspecified atom stereocenters. The minimum Gasteiger partial charge on any atom is -0.374 e. The zero-order valence-electron chi connectivity index (χ0n) is 14.6. The van der Waals surface area contributed by atoms with Crippen LogP contribution in [0, 0.1) is 0 Å². The number of hydrogen-bond donors (Lipinski definition) is 1. The summed E-state index contributed by atoms with van der Waals surface area (Å²) >= 11 is 0. The van der Waals surface area contributed by atoms with Crippen molar-refractivity contribution in [3.8, 4) is 0 Å². The summed E-state index contributed by atoms with van der Waals surface area (Å²) in [5, 5.41) is 7.43. The molecule has 2 aliphatic heterocycles. The van der Waals surface area contributed by atoms with Crippen LogP contribution in [0.25, 0.3) is 0 Å². The molecule has 0 spiro atoms. The van der Waals surface area contributed by atoms with Crippen molar-refractivity contribution in [2.24, 2.45) is 0 Å². The highest BCUT2D eigenvalue weighted by molar-refractivity contribution is 5.78. The smallest absolute Gasteiger partial charge is 0.234 e. The van der Waals surface area contributed by atoms with Gasteiger partial charge in [-0.25, -0.2) is 0 Å². The number of hydrogen-bond acceptors (Lipinski definition) is 5. The average molecular weight is 335 g/mol. The SMILES string of the molecule is CCN1CCC(NC(=O)CN2CCOC(Cn3cccn3)C2)CC1. The van der Waals surface area contributed by atoms with Gasteiger partial charge in [-0.05, 0) is 25.5 Å². The lowest BCUT2D eigenvalue weighted by Crippen LogP contribution is -2.51. The molecule has 2 aliphatic rings. The van der Waals surface area contributed by atoms with E-state index in [1.165, 1.54) is 0 Å². The van der Waals surface area contributed by atoms with Gasteiger partial charge in [0.1, 0.15) is 0 Å². The van der Waals surface area contributed by atoms with Crippen molar-refractivity contribution < 1.29 is 9.53 Å². The molecule has 1 atom stereocenters. The van der Waals surface area contributed by atoms with Crippen LogP contribution in [0.1, 0.15) is 19.8 Å². The fourth-order valence-electron chi connectivity index (χ4n) is 3.52. The third kappa shape index (κ3) is 5.03. The Hall–Kier alpha value is -1.44. The molecular formula is C17H29N5O2. The number of morpholine rings is 1. The Morgan fingerprint density at radius 2 is 2.12 bits per heavy atom. The monoisotopic (exact) mass is 335 g/mol. The van der Waals surface area contributed by atoms with E-state index in [9.17, 15) is 4.79 Å². The van der Waals surface area contributed by atoms with E-state index in [0.29, 0.717) is 19.2 Å². The lowest BCUT2D eigenvalue weighted by molar-refractivity contribution is -0.125. The van der Waals surface area contributed by atoms with E-state index in [1.807, 2.05) is 16.9 Å². The Balaban J connectivity index is 1.39. The minimum absolute atomic E-state index is 0.0965. The molecule has 3 rings (SSSR count). The Labute approximate surface area is 143 Å². The van der Waals surface area contributed by atoms with Crippen molar-refractivity contribution in [3.63, 3.8) is 0 Å². The molecule has 1 N–H and O–H groups in total. The van der Waals surface area contributed by atoms with Crippen LogP contribution in [0.5, 0.6) is 0 Å². The molecule has 2 fully saturated rings. The van der Waals surface area contributed by atoms with Crippen molar-refractivity contribution in [1.29, 1.82) is 0 Å². The molecule has 0 aromatic carbocycles. The van der Waals surface area contributed by atoms with Crippen LogP contribution in [-0.4, -0.2) is 83.5 Å². The van der Waals surface area contributed by atoms with Gasteiger partial charge in [0.25, 0.3) is 0 Å². The van der Waals surface area contributed by atoms with E-state index >= 15 is 0 Å². The van der Waals surface area contributed by atoms with Gasteiger partial charge in [0, 0.05) is 44.6 Å². The number of nitrogens with zero attached hydrogens (tertiary/aromatic N) is 4. The van der Waals surface area contributed by atoms with E-state index in [2.05, 4.69) is 27.1 Å². The second-order valence-electron chi connectivity index (χ2n) is 6.73. The van der Waals surface area contributed by atoms with Crippen LogP contribution >= 0.6 is 0 Å². The molecule has 1 aromatic rings. The number of carbonyl (C=O) groups is 1. The van der Waals surface area contributed by atoms with Gasteiger partial charge < -0.3 is 15.0 Å². The highest BCUT2D eigenvalue weighted by Crippen LogP contribution is 2.10. The number of ether oxygens (including phenoxy) is 1. The highest BCUT2D eigenvalue weighted by atomic mass is 16.5. The number of amides is 1. The standard InChI is InChI=1S/C17H29N5O2/c1-2-20-8-4-15(5-9-20)19-17(23)14-21-10-11-24-16(12-21)13-22-7-3-6-18-22/h3,6-7,15-16H,2,4-5,8-14H2,1H3,(H,19,23). The van der Waals surface area contributed by atoms with E-state index in [1.54, 1.807) is 6.20 Å². The van der Waals surface area contributed by atoms with E-state index in [4.69, 9.17) is 4.74 Å². The predicted molar refractivity (Wildman–Crippen MR) is 91.7 cm³/mol.